The fourth-order valence-corrected chi connectivity index (χ4v) is 4.22. The SMILES string of the molecule is COC(=O)NC(=O)c1c(NC(=O)c2ccccc2OC)sc2c1CCC2. The Kier molecular flexibility index (Phi) is 5.22. The van der Waals surface area contributed by atoms with Gasteiger partial charge in [0.05, 0.1) is 25.3 Å². The monoisotopic (exact) mass is 374 g/mol. The zero-order chi connectivity index (χ0) is 18.7. The number of methoxy groups -OCH3 is 2. The van der Waals surface area contributed by atoms with Gasteiger partial charge in [-0.15, -0.1) is 11.3 Å². The Morgan fingerprint density at radius 3 is 2.58 bits per heavy atom. The van der Waals surface area contributed by atoms with Crippen molar-refractivity contribution in [3.63, 3.8) is 0 Å². The minimum atomic E-state index is -0.838. The number of thiophene rings is 1. The van der Waals surface area contributed by atoms with E-state index in [1.807, 2.05) is 0 Å². The number of fused-ring (bicyclic) bond motifs is 1. The van der Waals surface area contributed by atoms with Gasteiger partial charge in [-0.25, -0.2) is 4.79 Å². The Bertz CT molecular complexity index is 874. The molecule has 3 amide bonds. The van der Waals surface area contributed by atoms with Crippen LogP contribution < -0.4 is 15.4 Å². The summed E-state index contributed by atoms with van der Waals surface area (Å²) in [7, 11) is 2.67. The van der Waals surface area contributed by atoms with Crippen molar-refractivity contribution in [1.29, 1.82) is 0 Å². The summed E-state index contributed by atoms with van der Waals surface area (Å²) < 4.78 is 9.70. The summed E-state index contributed by atoms with van der Waals surface area (Å²) in [6.07, 6.45) is 1.69. The van der Waals surface area contributed by atoms with Crippen LogP contribution in [-0.4, -0.2) is 32.1 Å². The van der Waals surface area contributed by atoms with Gasteiger partial charge >= 0.3 is 6.09 Å². The second-order valence-corrected chi connectivity index (χ2v) is 6.77. The molecule has 1 aromatic carbocycles. The summed E-state index contributed by atoms with van der Waals surface area (Å²) in [5.74, 6) is -0.518. The van der Waals surface area contributed by atoms with E-state index in [2.05, 4.69) is 15.4 Å². The van der Waals surface area contributed by atoms with Crippen molar-refractivity contribution >= 4 is 34.2 Å². The average Bonchev–Trinajstić information content (AvgIpc) is 3.21. The second-order valence-electron chi connectivity index (χ2n) is 5.66. The van der Waals surface area contributed by atoms with Crippen LogP contribution in [0.4, 0.5) is 9.80 Å². The third-order valence-corrected chi connectivity index (χ3v) is 5.34. The number of hydrogen-bond donors (Lipinski definition) is 2. The van der Waals surface area contributed by atoms with Gasteiger partial charge in [0.25, 0.3) is 11.8 Å². The first kappa shape index (κ1) is 17.9. The maximum atomic E-state index is 12.7. The lowest BCUT2D eigenvalue weighted by Crippen LogP contribution is -2.31. The number of rotatable bonds is 4. The Morgan fingerprint density at radius 1 is 1.08 bits per heavy atom. The topological polar surface area (TPSA) is 93.7 Å². The average molecular weight is 374 g/mol. The van der Waals surface area contributed by atoms with Gasteiger partial charge in [-0.2, -0.15) is 0 Å². The van der Waals surface area contributed by atoms with E-state index in [1.165, 1.54) is 25.6 Å². The van der Waals surface area contributed by atoms with Crippen LogP contribution in [0.15, 0.2) is 24.3 Å². The van der Waals surface area contributed by atoms with Gasteiger partial charge in [0.1, 0.15) is 10.8 Å². The van der Waals surface area contributed by atoms with Crippen LogP contribution in [0.2, 0.25) is 0 Å². The van der Waals surface area contributed by atoms with Crippen LogP contribution >= 0.6 is 11.3 Å². The second kappa shape index (κ2) is 7.57. The first-order valence-electron chi connectivity index (χ1n) is 8.03. The number of nitrogens with one attached hydrogen (secondary N) is 2. The molecule has 8 heteroatoms. The molecule has 0 fully saturated rings. The van der Waals surface area contributed by atoms with Crippen molar-refractivity contribution in [1.82, 2.24) is 5.32 Å². The summed E-state index contributed by atoms with van der Waals surface area (Å²) in [6, 6.07) is 6.83. The van der Waals surface area contributed by atoms with Crippen LogP contribution in [-0.2, 0) is 17.6 Å². The van der Waals surface area contributed by atoms with Gasteiger partial charge < -0.3 is 14.8 Å². The molecule has 0 saturated carbocycles. The van der Waals surface area contributed by atoms with Crippen molar-refractivity contribution < 1.29 is 23.9 Å². The number of alkyl carbamates (subject to hydrolysis) is 1. The molecule has 0 radical (unpaired) electrons. The van der Waals surface area contributed by atoms with E-state index in [9.17, 15) is 14.4 Å². The highest BCUT2D eigenvalue weighted by atomic mass is 32.1. The maximum absolute atomic E-state index is 12.7. The van der Waals surface area contributed by atoms with E-state index in [1.54, 1.807) is 24.3 Å². The first-order chi connectivity index (χ1) is 12.5. The molecule has 1 aliphatic rings. The van der Waals surface area contributed by atoms with Gasteiger partial charge in [-0.3, -0.25) is 14.9 Å². The minimum Gasteiger partial charge on any atom is -0.496 e. The molecule has 3 rings (SSSR count). The molecule has 1 aliphatic carbocycles. The predicted molar refractivity (Wildman–Crippen MR) is 97.2 cm³/mol. The van der Waals surface area contributed by atoms with Gasteiger partial charge in [0.2, 0.25) is 0 Å². The number of ether oxygens (including phenoxy) is 2. The molecule has 1 aromatic heterocycles. The molecular formula is C18H18N2O5S. The largest absolute Gasteiger partial charge is 0.496 e. The summed E-state index contributed by atoms with van der Waals surface area (Å²) in [6.45, 7) is 0. The lowest BCUT2D eigenvalue weighted by Gasteiger charge is -2.10. The minimum absolute atomic E-state index is 0.330. The van der Waals surface area contributed by atoms with E-state index < -0.39 is 12.0 Å². The fraction of sp³-hybridized carbons (Fsp3) is 0.278. The van der Waals surface area contributed by atoms with E-state index >= 15 is 0 Å². The zero-order valence-corrected chi connectivity index (χ0v) is 15.2. The highest BCUT2D eigenvalue weighted by molar-refractivity contribution is 7.17. The van der Waals surface area contributed by atoms with Crippen LogP contribution in [0.5, 0.6) is 5.75 Å². The van der Waals surface area contributed by atoms with Crippen LogP contribution in [0.1, 0.15) is 37.6 Å². The molecule has 0 spiro atoms. The molecule has 0 saturated heterocycles. The molecule has 136 valence electrons. The number of imide groups is 1. The molecule has 0 aliphatic heterocycles. The van der Waals surface area contributed by atoms with E-state index in [4.69, 9.17) is 4.74 Å². The lowest BCUT2D eigenvalue weighted by molar-refractivity contribution is 0.0937. The standard InChI is InChI=1S/C18H18N2O5S/c1-24-12-8-4-3-6-10(12)15(21)19-17-14(16(22)20-18(23)25-2)11-7-5-9-13(11)26-17/h3-4,6,8H,5,7,9H2,1-2H3,(H,19,21)(H,20,22,23). The fourth-order valence-electron chi connectivity index (χ4n) is 2.94. The number of aryl methyl sites for hydroxylation is 1. The number of carbonyl (C=O) groups excluding carboxylic acids is 3. The normalized spacial score (nSPS) is 12.2. The van der Waals surface area contributed by atoms with E-state index in [0.717, 1.165) is 29.7 Å². The first-order valence-corrected chi connectivity index (χ1v) is 8.85. The molecule has 0 atom stereocenters. The quantitative estimate of drug-likeness (QED) is 0.858. The molecule has 7 nitrogen and oxygen atoms in total. The smallest absolute Gasteiger partial charge is 0.413 e. The van der Waals surface area contributed by atoms with Crippen molar-refractivity contribution in [2.75, 3.05) is 19.5 Å². The predicted octanol–water partition coefficient (Wildman–Crippen LogP) is 2.99. The third kappa shape index (κ3) is 3.41. The number of benzene rings is 1. The number of hydrogen-bond acceptors (Lipinski definition) is 6. The van der Waals surface area contributed by atoms with Crippen molar-refractivity contribution in [3.05, 3.63) is 45.8 Å². The molecule has 2 aromatic rings. The van der Waals surface area contributed by atoms with Crippen molar-refractivity contribution in [3.8, 4) is 5.75 Å². The number of amides is 3. The van der Waals surface area contributed by atoms with Gasteiger partial charge in [-0.05, 0) is 37.0 Å². The van der Waals surface area contributed by atoms with Crippen LogP contribution in [0, 0.1) is 0 Å². The molecule has 0 unspecified atom stereocenters. The van der Waals surface area contributed by atoms with Crippen molar-refractivity contribution in [2.24, 2.45) is 0 Å². The van der Waals surface area contributed by atoms with Crippen LogP contribution in [0.25, 0.3) is 0 Å². The van der Waals surface area contributed by atoms with Crippen LogP contribution in [0.3, 0.4) is 0 Å². The summed E-state index contributed by atoms with van der Waals surface area (Å²) in [5, 5.41) is 5.38. The Balaban J connectivity index is 1.92. The Hall–Kier alpha value is -2.87. The lowest BCUT2D eigenvalue weighted by atomic mass is 10.1. The molecule has 2 N–H and O–H groups in total. The van der Waals surface area contributed by atoms with Crippen molar-refractivity contribution in [2.45, 2.75) is 19.3 Å². The molecule has 1 heterocycles. The number of anilines is 1. The number of carbonyl (C=O) groups is 3. The van der Waals surface area contributed by atoms with E-state index in [0.29, 0.717) is 21.9 Å². The highest BCUT2D eigenvalue weighted by Crippen LogP contribution is 2.39. The van der Waals surface area contributed by atoms with Gasteiger partial charge in [0.15, 0.2) is 0 Å². The zero-order valence-electron chi connectivity index (χ0n) is 14.4. The Morgan fingerprint density at radius 2 is 1.85 bits per heavy atom. The van der Waals surface area contributed by atoms with Gasteiger partial charge in [0, 0.05) is 4.88 Å². The van der Waals surface area contributed by atoms with E-state index in [-0.39, 0.29) is 5.91 Å². The van der Waals surface area contributed by atoms with Gasteiger partial charge in [-0.1, -0.05) is 12.1 Å². The third-order valence-electron chi connectivity index (χ3n) is 4.13. The molecule has 0 bridgehead atoms. The highest BCUT2D eigenvalue weighted by Gasteiger charge is 2.29. The Labute approximate surface area is 154 Å². The summed E-state index contributed by atoms with van der Waals surface area (Å²) in [4.78, 5) is 37.6. The number of para-hydroxylation sites is 1. The summed E-state index contributed by atoms with van der Waals surface area (Å²) >= 11 is 1.36. The molecule has 26 heavy (non-hydrogen) atoms. The summed E-state index contributed by atoms with van der Waals surface area (Å²) in [5.41, 5.74) is 1.57. The maximum Gasteiger partial charge on any atom is 0.413 e. The molecular weight excluding hydrogens is 356 g/mol.